The van der Waals surface area contributed by atoms with E-state index < -0.39 is 23.7 Å². The SMILES string of the molecule is C[C@H](NC(=O)C(=O)Nc1ccc(=O)n(C)c1)c1ccc(F)cc1Cl. The van der Waals surface area contributed by atoms with Crippen LogP contribution in [0.1, 0.15) is 18.5 Å². The predicted molar refractivity (Wildman–Crippen MR) is 88.3 cm³/mol. The monoisotopic (exact) mass is 351 g/mol. The molecule has 126 valence electrons. The average molecular weight is 352 g/mol. The Balaban J connectivity index is 2.04. The number of nitrogens with zero attached hydrogens (tertiary/aromatic N) is 1. The Morgan fingerprint density at radius 2 is 1.92 bits per heavy atom. The van der Waals surface area contributed by atoms with Crippen LogP contribution in [0.3, 0.4) is 0 Å². The zero-order valence-corrected chi connectivity index (χ0v) is 13.7. The van der Waals surface area contributed by atoms with Crippen LogP contribution in [0.4, 0.5) is 10.1 Å². The Kier molecular flexibility index (Phi) is 5.35. The summed E-state index contributed by atoms with van der Waals surface area (Å²) in [6, 6.07) is 5.87. The largest absolute Gasteiger partial charge is 0.341 e. The minimum Gasteiger partial charge on any atom is -0.341 e. The fraction of sp³-hybridized carbons (Fsp3) is 0.188. The number of benzene rings is 1. The van der Waals surface area contributed by atoms with Gasteiger partial charge in [0, 0.05) is 24.3 Å². The van der Waals surface area contributed by atoms with E-state index in [0.717, 1.165) is 6.07 Å². The van der Waals surface area contributed by atoms with E-state index in [2.05, 4.69) is 10.6 Å². The van der Waals surface area contributed by atoms with Crippen molar-refractivity contribution in [3.05, 3.63) is 63.3 Å². The number of hydrogen-bond acceptors (Lipinski definition) is 3. The maximum atomic E-state index is 13.0. The maximum Gasteiger partial charge on any atom is 0.313 e. The lowest BCUT2D eigenvalue weighted by Gasteiger charge is -2.15. The van der Waals surface area contributed by atoms with Gasteiger partial charge in [0.15, 0.2) is 0 Å². The second-order valence-corrected chi connectivity index (χ2v) is 5.59. The molecule has 0 bridgehead atoms. The van der Waals surface area contributed by atoms with Gasteiger partial charge in [-0.25, -0.2) is 4.39 Å². The van der Waals surface area contributed by atoms with Gasteiger partial charge in [0.25, 0.3) is 0 Å². The lowest BCUT2D eigenvalue weighted by Crippen LogP contribution is -2.37. The Bertz CT molecular complexity index is 851. The minimum atomic E-state index is -0.890. The molecule has 1 aromatic heterocycles. The van der Waals surface area contributed by atoms with E-state index in [0.29, 0.717) is 11.3 Å². The molecular weight excluding hydrogens is 337 g/mol. The van der Waals surface area contributed by atoms with Crippen molar-refractivity contribution in [1.82, 2.24) is 9.88 Å². The van der Waals surface area contributed by atoms with Crippen LogP contribution in [0, 0.1) is 5.82 Å². The second kappa shape index (κ2) is 7.27. The molecule has 0 aliphatic heterocycles. The normalized spacial score (nSPS) is 11.7. The van der Waals surface area contributed by atoms with Crippen molar-refractivity contribution < 1.29 is 14.0 Å². The van der Waals surface area contributed by atoms with Gasteiger partial charge >= 0.3 is 11.8 Å². The van der Waals surface area contributed by atoms with Crippen LogP contribution >= 0.6 is 11.6 Å². The number of carbonyl (C=O) groups excluding carboxylic acids is 2. The van der Waals surface area contributed by atoms with Gasteiger partial charge in [0.1, 0.15) is 5.82 Å². The Morgan fingerprint density at radius 3 is 2.54 bits per heavy atom. The number of amides is 2. The summed E-state index contributed by atoms with van der Waals surface area (Å²) in [4.78, 5) is 35.1. The lowest BCUT2D eigenvalue weighted by molar-refractivity contribution is -0.136. The number of aryl methyl sites for hydroxylation is 1. The van der Waals surface area contributed by atoms with E-state index in [1.165, 1.54) is 42.1 Å². The van der Waals surface area contributed by atoms with Gasteiger partial charge in [-0.2, -0.15) is 0 Å². The van der Waals surface area contributed by atoms with Gasteiger partial charge in [-0.3, -0.25) is 14.4 Å². The van der Waals surface area contributed by atoms with Crippen LogP contribution in [0.25, 0.3) is 0 Å². The molecule has 0 saturated carbocycles. The molecule has 0 aliphatic rings. The van der Waals surface area contributed by atoms with Crippen molar-refractivity contribution in [2.45, 2.75) is 13.0 Å². The fourth-order valence-corrected chi connectivity index (χ4v) is 2.38. The maximum absolute atomic E-state index is 13.0. The van der Waals surface area contributed by atoms with Crippen LogP contribution in [-0.2, 0) is 16.6 Å². The third-order valence-corrected chi connectivity index (χ3v) is 3.65. The molecule has 1 atom stereocenters. The molecule has 2 N–H and O–H groups in total. The molecule has 0 fully saturated rings. The highest BCUT2D eigenvalue weighted by molar-refractivity contribution is 6.39. The molecule has 1 aromatic carbocycles. The van der Waals surface area contributed by atoms with Crippen molar-refractivity contribution >= 4 is 29.1 Å². The molecule has 0 unspecified atom stereocenters. The molecular formula is C16H15ClFN3O3. The molecule has 6 nitrogen and oxygen atoms in total. The Morgan fingerprint density at radius 1 is 1.21 bits per heavy atom. The number of rotatable bonds is 3. The van der Waals surface area contributed by atoms with Crippen LogP contribution in [0.15, 0.2) is 41.3 Å². The topological polar surface area (TPSA) is 80.2 Å². The number of pyridine rings is 1. The molecule has 0 spiro atoms. The van der Waals surface area contributed by atoms with Gasteiger partial charge in [-0.05, 0) is 30.7 Å². The van der Waals surface area contributed by atoms with E-state index in [4.69, 9.17) is 11.6 Å². The van der Waals surface area contributed by atoms with Crippen LogP contribution in [0.5, 0.6) is 0 Å². The average Bonchev–Trinajstić information content (AvgIpc) is 2.50. The molecule has 0 aliphatic carbocycles. The molecule has 2 aromatic rings. The van der Waals surface area contributed by atoms with E-state index in [9.17, 15) is 18.8 Å². The van der Waals surface area contributed by atoms with Crippen LogP contribution in [0.2, 0.25) is 5.02 Å². The first-order chi connectivity index (χ1) is 11.3. The number of aromatic nitrogens is 1. The smallest absolute Gasteiger partial charge is 0.313 e. The zero-order chi connectivity index (χ0) is 17.9. The van der Waals surface area contributed by atoms with Crippen molar-refractivity contribution in [3.8, 4) is 0 Å². The van der Waals surface area contributed by atoms with Crippen LogP contribution in [-0.4, -0.2) is 16.4 Å². The molecule has 0 saturated heterocycles. The van der Waals surface area contributed by atoms with Gasteiger partial charge in [-0.1, -0.05) is 17.7 Å². The summed E-state index contributed by atoms with van der Waals surface area (Å²) < 4.78 is 14.3. The number of carbonyl (C=O) groups is 2. The first-order valence-electron chi connectivity index (χ1n) is 7.01. The highest BCUT2D eigenvalue weighted by atomic mass is 35.5. The first-order valence-corrected chi connectivity index (χ1v) is 7.39. The molecule has 24 heavy (non-hydrogen) atoms. The van der Waals surface area contributed by atoms with Crippen molar-refractivity contribution in [3.63, 3.8) is 0 Å². The Labute approximate surface area is 142 Å². The summed E-state index contributed by atoms with van der Waals surface area (Å²) in [7, 11) is 1.52. The predicted octanol–water partition coefficient (Wildman–Crippen LogP) is 1.99. The summed E-state index contributed by atoms with van der Waals surface area (Å²) >= 11 is 5.93. The van der Waals surface area contributed by atoms with Gasteiger partial charge in [-0.15, -0.1) is 0 Å². The van der Waals surface area contributed by atoms with Gasteiger partial charge < -0.3 is 15.2 Å². The van der Waals surface area contributed by atoms with E-state index in [1.807, 2.05) is 0 Å². The summed E-state index contributed by atoms with van der Waals surface area (Å²) in [6.07, 6.45) is 1.40. The lowest BCUT2D eigenvalue weighted by atomic mass is 10.1. The second-order valence-electron chi connectivity index (χ2n) is 5.18. The number of anilines is 1. The fourth-order valence-electron chi connectivity index (χ4n) is 2.05. The molecule has 2 rings (SSSR count). The highest BCUT2D eigenvalue weighted by Gasteiger charge is 2.19. The van der Waals surface area contributed by atoms with Gasteiger partial charge in [0.05, 0.1) is 11.7 Å². The molecule has 0 radical (unpaired) electrons. The quantitative estimate of drug-likeness (QED) is 0.830. The highest BCUT2D eigenvalue weighted by Crippen LogP contribution is 2.23. The van der Waals surface area contributed by atoms with Gasteiger partial charge in [0.2, 0.25) is 5.56 Å². The van der Waals surface area contributed by atoms with Crippen molar-refractivity contribution in [2.75, 3.05) is 5.32 Å². The first kappa shape index (κ1) is 17.7. The summed E-state index contributed by atoms with van der Waals surface area (Å²) in [5.74, 6) is -2.26. The minimum absolute atomic E-state index is 0.154. The molecule has 8 heteroatoms. The van der Waals surface area contributed by atoms with E-state index >= 15 is 0 Å². The summed E-state index contributed by atoms with van der Waals surface area (Å²) in [5, 5.41) is 5.02. The van der Waals surface area contributed by atoms with Crippen molar-refractivity contribution in [1.29, 1.82) is 0 Å². The summed E-state index contributed by atoms with van der Waals surface area (Å²) in [6.45, 7) is 1.62. The van der Waals surface area contributed by atoms with E-state index in [-0.39, 0.29) is 10.6 Å². The number of halogens is 2. The number of nitrogens with one attached hydrogen (secondary N) is 2. The summed E-state index contributed by atoms with van der Waals surface area (Å²) in [5.41, 5.74) is 0.558. The Hall–Kier alpha value is -2.67. The van der Waals surface area contributed by atoms with Crippen LogP contribution < -0.4 is 16.2 Å². The third-order valence-electron chi connectivity index (χ3n) is 3.33. The molecule has 1 heterocycles. The zero-order valence-electron chi connectivity index (χ0n) is 13.0. The third kappa shape index (κ3) is 4.20. The van der Waals surface area contributed by atoms with E-state index in [1.54, 1.807) is 6.92 Å². The number of hydrogen-bond donors (Lipinski definition) is 2. The standard InChI is InChI=1S/C16H15ClFN3O3/c1-9(12-5-3-10(18)7-13(12)17)19-15(23)16(24)20-11-4-6-14(22)21(2)8-11/h3-9H,1-2H3,(H,19,23)(H,20,24)/t9-/m0/s1. The van der Waals surface area contributed by atoms with Crippen molar-refractivity contribution in [2.24, 2.45) is 7.05 Å². The molecule has 2 amide bonds.